The fourth-order valence-electron chi connectivity index (χ4n) is 3.67. The number of anilines is 1. The van der Waals surface area contributed by atoms with Crippen molar-refractivity contribution in [2.75, 3.05) is 11.9 Å². The highest BCUT2D eigenvalue weighted by Gasteiger charge is 2.61. The van der Waals surface area contributed by atoms with Crippen LogP contribution >= 0.6 is 0 Å². The number of imide groups is 2. The molecule has 19 nitrogen and oxygen atoms in total. The minimum Gasteiger partial charge on any atom is -0.394 e. The van der Waals surface area contributed by atoms with Crippen LogP contribution in [0.25, 0.3) is 11.2 Å². The average molecular weight is 556 g/mol. The second-order valence-electron chi connectivity index (χ2n) is 8.77. The predicted molar refractivity (Wildman–Crippen MR) is 127 cm³/mol. The van der Waals surface area contributed by atoms with E-state index in [1.165, 1.54) is 13.8 Å². The van der Waals surface area contributed by atoms with Crippen LogP contribution in [0.3, 0.4) is 0 Å². The topological polar surface area (TPSA) is 310 Å². The van der Waals surface area contributed by atoms with E-state index in [0.29, 0.717) is 0 Å². The van der Waals surface area contributed by atoms with E-state index in [-0.39, 0.29) is 17.0 Å². The van der Waals surface area contributed by atoms with Crippen molar-refractivity contribution in [1.82, 2.24) is 30.2 Å². The van der Waals surface area contributed by atoms with Crippen molar-refractivity contribution in [3.05, 3.63) is 12.7 Å². The zero-order valence-corrected chi connectivity index (χ0v) is 20.6. The molecule has 3 heterocycles. The molecule has 2 aromatic rings. The van der Waals surface area contributed by atoms with Gasteiger partial charge < -0.3 is 41.7 Å². The lowest BCUT2D eigenvalue weighted by atomic mass is 10.0. The summed E-state index contributed by atoms with van der Waals surface area (Å²) in [4.78, 5) is 61.9. The first-order valence-corrected chi connectivity index (χ1v) is 11.4. The molecule has 1 saturated heterocycles. The summed E-state index contributed by atoms with van der Waals surface area (Å²) in [6.07, 6.45) is -6.20. The highest BCUT2D eigenvalue weighted by atomic mass is 16.6. The van der Waals surface area contributed by atoms with Crippen molar-refractivity contribution in [2.45, 2.75) is 62.2 Å². The maximum Gasteiger partial charge on any atom is 0.327 e. The number of carbonyl (C=O) groups excluding carboxylic acids is 4. The Balaban J connectivity index is 2.02. The van der Waals surface area contributed by atoms with E-state index in [1.807, 2.05) is 10.6 Å². The molecule has 19 heteroatoms. The van der Waals surface area contributed by atoms with Gasteiger partial charge in [0.25, 0.3) is 11.6 Å². The van der Waals surface area contributed by atoms with Crippen LogP contribution in [-0.4, -0.2) is 118 Å². The molecule has 0 aromatic carbocycles. The average Bonchev–Trinajstić information content (AvgIpc) is 3.43. The summed E-state index contributed by atoms with van der Waals surface area (Å²) in [5.41, 5.74) is 7.94. The van der Waals surface area contributed by atoms with Gasteiger partial charge in [-0.3, -0.25) is 34.9 Å². The number of carbonyl (C=O) groups is 4. The Morgan fingerprint density at radius 3 is 2.18 bits per heavy atom. The third-order valence-corrected chi connectivity index (χ3v) is 5.98. The first-order valence-electron chi connectivity index (χ1n) is 11.4. The lowest BCUT2D eigenvalue weighted by Gasteiger charge is -2.32. The fourth-order valence-corrected chi connectivity index (χ4v) is 3.67. The van der Waals surface area contributed by atoms with Gasteiger partial charge in [0.05, 0.1) is 18.8 Å². The zero-order chi connectivity index (χ0) is 29.2. The Morgan fingerprint density at radius 1 is 1.05 bits per heavy atom. The highest BCUT2D eigenvalue weighted by molar-refractivity contribution is 6.05. The van der Waals surface area contributed by atoms with E-state index in [9.17, 15) is 44.7 Å². The first-order chi connectivity index (χ1) is 18.3. The quantitative estimate of drug-likeness (QED) is 0.145. The van der Waals surface area contributed by atoms with Gasteiger partial charge in [-0.15, -0.1) is 0 Å². The molecular formula is C20H29N9O10. The van der Waals surface area contributed by atoms with E-state index < -0.39 is 78.7 Å². The molecule has 0 unspecified atom stereocenters. The molecule has 12 N–H and O–H groups in total. The van der Waals surface area contributed by atoms with Gasteiger partial charge in [-0.25, -0.2) is 19.7 Å². The van der Waals surface area contributed by atoms with Gasteiger partial charge in [0, 0.05) is 0 Å². The van der Waals surface area contributed by atoms with Gasteiger partial charge in [-0.1, -0.05) is 0 Å². The van der Waals surface area contributed by atoms with Crippen LogP contribution in [0.5, 0.6) is 0 Å². The Labute approximate surface area is 219 Å². The summed E-state index contributed by atoms with van der Waals surface area (Å²) in [6.45, 7) is 1.61. The normalized spacial score (nSPS) is 25.9. The van der Waals surface area contributed by atoms with E-state index in [0.717, 1.165) is 17.2 Å². The molecule has 0 radical (unpaired) electrons. The number of aliphatic hydroxyl groups is 5. The molecule has 1 aliphatic rings. The van der Waals surface area contributed by atoms with Crippen LogP contribution in [0.2, 0.25) is 0 Å². The smallest absolute Gasteiger partial charge is 0.327 e. The van der Waals surface area contributed by atoms with Gasteiger partial charge >= 0.3 is 6.03 Å². The number of rotatable bonds is 8. The molecule has 5 amide bonds. The molecule has 214 valence electrons. The fraction of sp³-hybridized carbons (Fsp3) is 0.550. The number of hydrogen-bond acceptors (Lipinski definition) is 15. The Hall–Kier alpha value is -3.69. The first kappa shape index (κ1) is 29.9. The number of nitrogens with one attached hydrogen (secondary N) is 3. The molecule has 1 aliphatic heterocycles. The van der Waals surface area contributed by atoms with Crippen molar-refractivity contribution >= 4 is 40.7 Å². The van der Waals surface area contributed by atoms with Crippen molar-refractivity contribution in [3.8, 4) is 0 Å². The van der Waals surface area contributed by atoms with Gasteiger partial charge in [0.1, 0.15) is 43.1 Å². The van der Waals surface area contributed by atoms with Crippen LogP contribution in [0.1, 0.15) is 13.8 Å². The maximum atomic E-state index is 13.4. The summed E-state index contributed by atoms with van der Waals surface area (Å²) in [7, 11) is 0. The number of aromatic nitrogens is 4. The summed E-state index contributed by atoms with van der Waals surface area (Å²) in [5.74, 6) is -3.79. The monoisotopic (exact) mass is 555 g/mol. The number of hydrogen-bond donors (Lipinski definition) is 10. The number of nitrogens with zero attached hydrogens (tertiary/aromatic N) is 4. The van der Waals surface area contributed by atoms with Crippen LogP contribution in [-0.2, 0) is 24.8 Å². The Kier molecular flexibility index (Phi) is 8.87. The van der Waals surface area contributed by atoms with Crippen LogP contribution in [0, 0.1) is 0 Å². The lowest BCUT2D eigenvalue weighted by Crippen LogP contribution is -2.60. The minimum atomic E-state index is -2.65. The molecular weight excluding hydrogens is 526 g/mol. The SMILES string of the molecule is C[C@@H](O)[C@H](N)C(=O)NC(=O)Nc1ncnc2c1ncn2[C@]1(C(=O)NC(=O)[C@@H](N)[C@@H](C)O)O[C@H](CO)[C@@H](O)[C@H]1O. The number of aliphatic hydroxyl groups excluding tert-OH is 5. The van der Waals surface area contributed by atoms with Crippen molar-refractivity contribution < 1.29 is 49.4 Å². The number of urea groups is 1. The number of nitrogens with two attached hydrogens (primary N) is 2. The van der Waals surface area contributed by atoms with Crippen molar-refractivity contribution in [1.29, 1.82) is 0 Å². The van der Waals surface area contributed by atoms with Gasteiger partial charge in [0.15, 0.2) is 17.0 Å². The molecule has 0 saturated carbocycles. The molecule has 8 atom stereocenters. The number of amides is 5. The molecule has 0 aliphatic carbocycles. The number of ether oxygens (including phenoxy) is 1. The molecule has 2 aromatic heterocycles. The number of fused-ring (bicyclic) bond motifs is 1. The highest BCUT2D eigenvalue weighted by Crippen LogP contribution is 2.38. The van der Waals surface area contributed by atoms with Crippen LogP contribution in [0.15, 0.2) is 12.7 Å². The molecule has 39 heavy (non-hydrogen) atoms. The standard InChI is InChI=1S/C20H29N9O10/c1-6(31)9(21)16(35)27-18(37)20(13(34)12(33)8(3-30)39-20)29-5-25-11-14(23-4-24-15(11)29)26-19(38)28-17(36)10(22)7(2)32/h4-10,12-13,30-34H,3,21-22H2,1-2H3,(H,27,35,37)(H2,23,24,26,28,36,38)/t6-,7-,8-,9+,10+,12-,13-,20+/m1/s1. The third kappa shape index (κ3) is 5.55. The van der Waals surface area contributed by atoms with E-state index >= 15 is 0 Å². The van der Waals surface area contributed by atoms with Gasteiger partial charge in [0.2, 0.25) is 11.8 Å². The minimum absolute atomic E-state index is 0.197. The summed E-state index contributed by atoms with van der Waals surface area (Å²) in [5, 5.41) is 56.0. The Bertz CT molecular complexity index is 1250. The molecule has 0 spiro atoms. The van der Waals surface area contributed by atoms with E-state index in [2.05, 4.69) is 20.3 Å². The second-order valence-corrected chi connectivity index (χ2v) is 8.77. The van der Waals surface area contributed by atoms with Gasteiger partial charge in [-0.2, -0.15) is 0 Å². The maximum absolute atomic E-state index is 13.4. The molecule has 1 fully saturated rings. The molecule has 0 bridgehead atoms. The van der Waals surface area contributed by atoms with Crippen molar-refractivity contribution in [2.24, 2.45) is 11.5 Å². The summed E-state index contributed by atoms with van der Waals surface area (Å²) < 4.78 is 6.40. The van der Waals surface area contributed by atoms with E-state index in [1.54, 1.807) is 0 Å². The second kappa shape index (κ2) is 11.6. The van der Waals surface area contributed by atoms with Crippen LogP contribution in [0.4, 0.5) is 10.6 Å². The third-order valence-electron chi connectivity index (χ3n) is 5.98. The zero-order valence-electron chi connectivity index (χ0n) is 20.6. The van der Waals surface area contributed by atoms with Crippen molar-refractivity contribution in [3.63, 3.8) is 0 Å². The molecule has 3 rings (SSSR count). The largest absolute Gasteiger partial charge is 0.394 e. The summed E-state index contributed by atoms with van der Waals surface area (Å²) >= 11 is 0. The predicted octanol–water partition coefficient (Wildman–Crippen LogP) is -5.70. The van der Waals surface area contributed by atoms with Crippen LogP contribution < -0.4 is 27.4 Å². The van der Waals surface area contributed by atoms with Gasteiger partial charge in [-0.05, 0) is 13.8 Å². The number of imidazole rings is 1. The summed E-state index contributed by atoms with van der Waals surface area (Å²) in [6, 6.07) is -4.07. The lowest BCUT2D eigenvalue weighted by molar-refractivity contribution is -0.177. The Morgan fingerprint density at radius 2 is 1.64 bits per heavy atom. The van der Waals surface area contributed by atoms with E-state index in [4.69, 9.17) is 16.2 Å².